The number of aromatic nitrogens is 4. The Bertz CT molecular complexity index is 834. The molecule has 0 saturated carbocycles. The molecule has 0 radical (unpaired) electrons. The Kier molecular flexibility index (Phi) is 3.89. The van der Waals surface area contributed by atoms with Crippen LogP contribution in [0.4, 0.5) is 0 Å². The number of rotatable bonds is 2. The Morgan fingerprint density at radius 3 is 2.74 bits per heavy atom. The number of piperidine rings is 1. The van der Waals surface area contributed by atoms with Crippen LogP contribution in [0.1, 0.15) is 41.5 Å². The van der Waals surface area contributed by atoms with Crippen molar-refractivity contribution in [3.63, 3.8) is 0 Å². The molecule has 1 atom stereocenters. The van der Waals surface area contributed by atoms with E-state index in [1.165, 1.54) is 24.7 Å². The molecule has 1 saturated heterocycles. The zero-order valence-corrected chi connectivity index (χ0v) is 13.2. The highest BCUT2D eigenvalue weighted by molar-refractivity contribution is 5.92. The molecule has 1 aliphatic rings. The maximum absolute atomic E-state index is 12.9. The van der Waals surface area contributed by atoms with Gasteiger partial charge in [-0.25, -0.2) is 4.79 Å². The molecule has 8 nitrogen and oxygen atoms in total. The van der Waals surface area contributed by atoms with Crippen LogP contribution in [0, 0.1) is 0 Å². The quantitative estimate of drug-likeness (QED) is 0.855. The van der Waals surface area contributed by atoms with Gasteiger partial charge in [-0.05, 0) is 25.3 Å². The van der Waals surface area contributed by atoms with Gasteiger partial charge in [0, 0.05) is 32.9 Å². The number of likely N-dealkylation sites (tertiary alicyclic amines) is 1. The molecular weight excluding hydrogens is 298 g/mol. The molecule has 3 heterocycles. The number of carbonyl (C=O) groups excluding carboxylic acids is 1. The molecule has 1 unspecified atom stereocenters. The number of aromatic amines is 1. The van der Waals surface area contributed by atoms with Gasteiger partial charge in [-0.2, -0.15) is 5.10 Å². The van der Waals surface area contributed by atoms with Gasteiger partial charge < -0.3 is 4.90 Å². The summed E-state index contributed by atoms with van der Waals surface area (Å²) in [5.74, 6) is -0.304. The number of hydrogen-bond acceptors (Lipinski definition) is 4. The minimum atomic E-state index is -0.504. The van der Waals surface area contributed by atoms with Gasteiger partial charge in [0.1, 0.15) is 5.69 Å². The van der Waals surface area contributed by atoms with Crippen molar-refractivity contribution in [1.29, 1.82) is 0 Å². The number of H-pyrrole nitrogens is 1. The summed E-state index contributed by atoms with van der Waals surface area (Å²) >= 11 is 0. The largest absolute Gasteiger partial charge is 0.331 e. The maximum Gasteiger partial charge on any atom is 0.331 e. The Morgan fingerprint density at radius 1 is 1.26 bits per heavy atom. The third-order valence-corrected chi connectivity index (χ3v) is 4.39. The topological polar surface area (TPSA) is 93.0 Å². The highest BCUT2D eigenvalue weighted by Crippen LogP contribution is 2.30. The van der Waals surface area contributed by atoms with Crippen molar-refractivity contribution in [2.24, 2.45) is 14.1 Å². The molecule has 122 valence electrons. The average molecular weight is 317 g/mol. The summed E-state index contributed by atoms with van der Waals surface area (Å²) in [6.07, 6.45) is 4.39. The van der Waals surface area contributed by atoms with Crippen LogP contribution in [0.15, 0.2) is 27.9 Å². The van der Waals surface area contributed by atoms with E-state index in [9.17, 15) is 14.4 Å². The van der Waals surface area contributed by atoms with Crippen molar-refractivity contribution in [3.8, 4) is 0 Å². The van der Waals surface area contributed by atoms with Crippen LogP contribution in [-0.4, -0.2) is 36.7 Å². The molecule has 0 aromatic carbocycles. The van der Waals surface area contributed by atoms with Gasteiger partial charge in [0.25, 0.3) is 11.5 Å². The van der Waals surface area contributed by atoms with Crippen LogP contribution >= 0.6 is 0 Å². The van der Waals surface area contributed by atoms with E-state index in [4.69, 9.17) is 0 Å². The van der Waals surface area contributed by atoms with Crippen molar-refractivity contribution in [2.45, 2.75) is 25.3 Å². The van der Waals surface area contributed by atoms with E-state index in [-0.39, 0.29) is 17.6 Å². The normalized spacial score (nSPS) is 18.2. The molecule has 8 heteroatoms. The second-order valence-electron chi connectivity index (χ2n) is 5.79. The fourth-order valence-corrected chi connectivity index (χ4v) is 3.04. The molecule has 1 aliphatic heterocycles. The molecule has 2 aromatic heterocycles. The summed E-state index contributed by atoms with van der Waals surface area (Å²) in [7, 11) is 2.90. The predicted molar refractivity (Wildman–Crippen MR) is 83.1 cm³/mol. The standard InChI is InChI=1S/C15H19N5O3/c1-18-12(9-13(21)19(2)15(18)23)14(22)20-8-4-3-5-11(20)10-6-7-16-17-10/h6-7,9,11H,3-5,8H2,1-2H3,(H,16,17). The van der Waals surface area contributed by atoms with Gasteiger partial charge in [0.05, 0.1) is 11.7 Å². The van der Waals surface area contributed by atoms with Crippen LogP contribution in [0.5, 0.6) is 0 Å². The number of nitrogens with zero attached hydrogens (tertiary/aromatic N) is 4. The van der Waals surface area contributed by atoms with E-state index < -0.39 is 11.2 Å². The first kappa shape index (κ1) is 15.3. The second kappa shape index (κ2) is 5.86. The smallest absolute Gasteiger partial charge is 0.329 e. The Labute approximate surface area is 132 Å². The highest BCUT2D eigenvalue weighted by Gasteiger charge is 2.31. The minimum Gasteiger partial charge on any atom is -0.329 e. The van der Waals surface area contributed by atoms with Crippen LogP contribution in [0.2, 0.25) is 0 Å². The Hall–Kier alpha value is -2.64. The average Bonchev–Trinajstić information content (AvgIpc) is 3.10. The van der Waals surface area contributed by atoms with Crippen molar-refractivity contribution in [3.05, 3.63) is 50.6 Å². The molecule has 2 aromatic rings. The third kappa shape index (κ3) is 2.60. The van der Waals surface area contributed by atoms with Gasteiger partial charge >= 0.3 is 5.69 Å². The summed E-state index contributed by atoms with van der Waals surface area (Å²) in [6.45, 7) is 0.589. The zero-order valence-electron chi connectivity index (χ0n) is 13.2. The van der Waals surface area contributed by atoms with Gasteiger partial charge in [-0.3, -0.25) is 23.8 Å². The molecule has 1 fully saturated rings. The van der Waals surface area contributed by atoms with Crippen molar-refractivity contribution in [1.82, 2.24) is 24.2 Å². The van der Waals surface area contributed by atoms with Crippen molar-refractivity contribution in [2.75, 3.05) is 6.54 Å². The summed E-state index contributed by atoms with van der Waals surface area (Å²) in [5.41, 5.74) is -0.00102. The summed E-state index contributed by atoms with van der Waals surface area (Å²) in [4.78, 5) is 38.6. The lowest BCUT2D eigenvalue weighted by Crippen LogP contribution is -2.44. The predicted octanol–water partition coefficient (Wildman–Crippen LogP) is 0.175. The number of amides is 1. The molecule has 3 rings (SSSR count). The Balaban J connectivity index is 2.02. The SMILES string of the molecule is Cn1c(C(=O)N2CCCCC2c2ccn[nH]2)cc(=O)n(C)c1=O. The van der Waals surface area contributed by atoms with Crippen molar-refractivity contribution < 1.29 is 4.79 Å². The minimum absolute atomic E-state index is 0.113. The van der Waals surface area contributed by atoms with Crippen LogP contribution < -0.4 is 11.2 Å². The monoisotopic (exact) mass is 317 g/mol. The second-order valence-corrected chi connectivity index (χ2v) is 5.79. The molecule has 1 N–H and O–H groups in total. The van der Waals surface area contributed by atoms with Crippen LogP contribution in [0.3, 0.4) is 0 Å². The lowest BCUT2D eigenvalue weighted by Gasteiger charge is -2.35. The molecule has 23 heavy (non-hydrogen) atoms. The summed E-state index contributed by atoms with van der Waals surface area (Å²) < 4.78 is 2.21. The zero-order chi connectivity index (χ0) is 16.6. The van der Waals surface area contributed by atoms with E-state index in [2.05, 4.69) is 10.2 Å². The van der Waals surface area contributed by atoms with E-state index in [0.29, 0.717) is 6.54 Å². The third-order valence-electron chi connectivity index (χ3n) is 4.39. The van der Waals surface area contributed by atoms with Crippen molar-refractivity contribution >= 4 is 5.91 Å². The van der Waals surface area contributed by atoms with Crippen LogP contribution in [-0.2, 0) is 14.1 Å². The molecule has 0 spiro atoms. The Morgan fingerprint density at radius 2 is 2.04 bits per heavy atom. The van der Waals surface area contributed by atoms with Gasteiger partial charge in [0.2, 0.25) is 0 Å². The van der Waals surface area contributed by atoms with Gasteiger partial charge in [-0.15, -0.1) is 0 Å². The fourth-order valence-electron chi connectivity index (χ4n) is 3.04. The highest BCUT2D eigenvalue weighted by atomic mass is 16.2. The lowest BCUT2D eigenvalue weighted by molar-refractivity contribution is 0.0593. The van der Waals surface area contributed by atoms with E-state index in [1.807, 2.05) is 6.07 Å². The number of carbonyl (C=O) groups is 1. The number of nitrogens with one attached hydrogen (secondary N) is 1. The van der Waals surface area contributed by atoms with Crippen LogP contribution in [0.25, 0.3) is 0 Å². The maximum atomic E-state index is 12.9. The first-order chi connectivity index (χ1) is 11.0. The first-order valence-corrected chi connectivity index (χ1v) is 7.58. The first-order valence-electron chi connectivity index (χ1n) is 7.58. The lowest BCUT2D eigenvalue weighted by atomic mass is 9.99. The summed E-state index contributed by atoms with van der Waals surface area (Å²) in [5, 5.41) is 6.86. The fraction of sp³-hybridized carbons (Fsp3) is 0.467. The van der Waals surface area contributed by atoms with E-state index in [0.717, 1.165) is 29.5 Å². The van der Waals surface area contributed by atoms with Gasteiger partial charge in [0.15, 0.2) is 0 Å². The van der Waals surface area contributed by atoms with Gasteiger partial charge in [-0.1, -0.05) is 0 Å². The molecular formula is C15H19N5O3. The molecule has 1 amide bonds. The molecule has 0 bridgehead atoms. The molecule has 0 aliphatic carbocycles. The number of hydrogen-bond donors (Lipinski definition) is 1. The van der Waals surface area contributed by atoms with E-state index in [1.54, 1.807) is 11.1 Å². The summed E-state index contributed by atoms with van der Waals surface area (Å²) in [6, 6.07) is 2.96. The van der Waals surface area contributed by atoms with E-state index >= 15 is 0 Å².